The molecule has 154 valence electrons. The van der Waals surface area contributed by atoms with Crippen molar-refractivity contribution in [2.75, 3.05) is 12.4 Å². The molecule has 1 aromatic carbocycles. The number of carboxylic acids is 1. The number of carboxylic acid groups (broad SMARTS) is 1. The van der Waals surface area contributed by atoms with Crippen LogP contribution in [-0.2, 0) is 18.4 Å². The number of rotatable bonds is 8. The SMILES string of the molecule is Cc1ccc(OC[C@@H](O)Cn2c(SCC(=O)O)nc3c2c(=O)[nH]c(=O)n3C)cc1. The molecule has 1 atom stereocenters. The molecular weight excluding hydrogens is 400 g/mol. The van der Waals surface area contributed by atoms with Crippen molar-refractivity contribution in [3.8, 4) is 5.75 Å². The molecule has 0 aliphatic carbocycles. The third kappa shape index (κ3) is 4.69. The molecule has 2 heterocycles. The number of fused-ring (bicyclic) bond motifs is 1. The van der Waals surface area contributed by atoms with Crippen LogP contribution in [0.5, 0.6) is 5.75 Å². The van der Waals surface area contributed by atoms with Crippen LogP contribution in [0.4, 0.5) is 0 Å². The van der Waals surface area contributed by atoms with E-state index in [9.17, 15) is 19.5 Å². The van der Waals surface area contributed by atoms with Crippen molar-refractivity contribution >= 4 is 28.9 Å². The van der Waals surface area contributed by atoms with Crippen molar-refractivity contribution < 1.29 is 19.7 Å². The molecule has 0 spiro atoms. The number of hydrogen-bond donors (Lipinski definition) is 3. The van der Waals surface area contributed by atoms with Gasteiger partial charge in [-0.1, -0.05) is 29.5 Å². The van der Waals surface area contributed by atoms with Crippen molar-refractivity contribution in [2.45, 2.75) is 24.7 Å². The smallest absolute Gasteiger partial charge is 0.329 e. The van der Waals surface area contributed by atoms with E-state index in [2.05, 4.69) is 9.97 Å². The molecule has 11 heteroatoms. The van der Waals surface area contributed by atoms with Gasteiger partial charge in [0, 0.05) is 7.05 Å². The topological polar surface area (TPSA) is 139 Å². The average Bonchev–Trinajstić information content (AvgIpc) is 3.03. The van der Waals surface area contributed by atoms with Gasteiger partial charge in [-0.25, -0.2) is 9.78 Å². The Kier molecular flexibility index (Phi) is 6.09. The third-order valence-corrected chi connectivity index (χ3v) is 5.11. The van der Waals surface area contributed by atoms with Gasteiger partial charge in [0.15, 0.2) is 16.3 Å². The summed E-state index contributed by atoms with van der Waals surface area (Å²) >= 11 is 0.894. The van der Waals surface area contributed by atoms with E-state index in [1.165, 1.54) is 11.6 Å². The zero-order valence-corrected chi connectivity index (χ0v) is 16.6. The second kappa shape index (κ2) is 8.53. The van der Waals surface area contributed by atoms with Gasteiger partial charge >= 0.3 is 11.7 Å². The van der Waals surface area contributed by atoms with Crippen molar-refractivity contribution in [2.24, 2.45) is 7.05 Å². The first-order valence-electron chi connectivity index (χ1n) is 8.68. The summed E-state index contributed by atoms with van der Waals surface area (Å²) in [6.07, 6.45) is -1.01. The zero-order chi connectivity index (χ0) is 21.1. The van der Waals surface area contributed by atoms with Crippen molar-refractivity contribution in [3.05, 3.63) is 50.7 Å². The van der Waals surface area contributed by atoms with Crippen molar-refractivity contribution in [1.82, 2.24) is 19.1 Å². The van der Waals surface area contributed by atoms with Crippen LogP contribution in [0.3, 0.4) is 0 Å². The summed E-state index contributed by atoms with van der Waals surface area (Å²) in [4.78, 5) is 41.6. The third-order valence-electron chi connectivity index (χ3n) is 4.15. The number of aryl methyl sites for hydroxylation is 2. The summed E-state index contributed by atoms with van der Waals surface area (Å²) in [5.41, 5.74) is -0.0324. The number of nitrogens with one attached hydrogen (secondary N) is 1. The Bertz CT molecular complexity index is 1150. The lowest BCUT2D eigenvalue weighted by molar-refractivity contribution is -0.133. The second-order valence-electron chi connectivity index (χ2n) is 6.46. The van der Waals surface area contributed by atoms with E-state index in [0.29, 0.717) is 5.75 Å². The zero-order valence-electron chi connectivity index (χ0n) is 15.8. The number of aromatic amines is 1. The van der Waals surface area contributed by atoms with Gasteiger partial charge in [0.1, 0.15) is 18.5 Å². The number of aliphatic hydroxyl groups excluding tert-OH is 1. The lowest BCUT2D eigenvalue weighted by Gasteiger charge is -2.15. The quantitative estimate of drug-likeness (QED) is 0.444. The lowest BCUT2D eigenvalue weighted by atomic mass is 10.2. The summed E-state index contributed by atoms with van der Waals surface area (Å²) < 4.78 is 8.14. The number of aliphatic hydroxyl groups is 1. The lowest BCUT2D eigenvalue weighted by Crippen LogP contribution is -2.30. The van der Waals surface area contributed by atoms with Crippen LogP contribution in [0.25, 0.3) is 11.2 Å². The minimum Gasteiger partial charge on any atom is -0.491 e. The maximum atomic E-state index is 12.3. The van der Waals surface area contributed by atoms with Gasteiger partial charge in [-0.2, -0.15) is 0 Å². The summed E-state index contributed by atoms with van der Waals surface area (Å²) in [6, 6.07) is 7.32. The monoisotopic (exact) mass is 420 g/mol. The van der Waals surface area contributed by atoms with Crippen LogP contribution < -0.4 is 16.0 Å². The molecular formula is C18H20N4O6S. The predicted molar refractivity (Wildman–Crippen MR) is 107 cm³/mol. The molecule has 0 radical (unpaired) electrons. The van der Waals surface area contributed by atoms with Crippen LogP contribution in [-0.4, -0.2) is 53.7 Å². The Balaban J connectivity index is 1.89. The number of aliphatic carboxylic acids is 1. The number of ether oxygens (including phenoxy) is 1. The molecule has 10 nitrogen and oxygen atoms in total. The number of carbonyl (C=O) groups is 1. The first kappa shape index (κ1) is 20.7. The Hall–Kier alpha value is -3.05. The van der Waals surface area contributed by atoms with E-state index in [0.717, 1.165) is 21.9 Å². The Labute approximate surface area is 168 Å². The van der Waals surface area contributed by atoms with Crippen LogP contribution in [0.15, 0.2) is 39.0 Å². The Morgan fingerprint density at radius 3 is 2.66 bits per heavy atom. The van der Waals surface area contributed by atoms with Gasteiger partial charge in [-0.15, -0.1) is 0 Å². The van der Waals surface area contributed by atoms with Crippen LogP contribution in [0.2, 0.25) is 0 Å². The fourth-order valence-electron chi connectivity index (χ4n) is 2.71. The summed E-state index contributed by atoms with van der Waals surface area (Å²) in [5, 5.41) is 19.6. The number of thioether (sulfide) groups is 1. The van der Waals surface area contributed by atoms with E-state index in [1.54, 1.807) is 12.1 Å². The number of imidazole rings is 1. The fourth-order valence-corrected chi connectivity index (χ4v) is 3.44. The normalized spacial score (nSPS) is 12.2. The highest BCUT2D eigenvalue weighted by molar-refractivity contribution is 7.99. The molecule has 0 unspecified atom stereocenters. The minimum atomic E-state index is -1.06. The van der Waals surface area contributed by atoms with E-state index >= 15 is 0 Å². The molecule has 2 aromatic heterocycles. The highest BCUT2D eigenvalue weighted by atomic mass is 32.2. The molecule has 3 N–H and O–H groups in total. The number of benzene rings is 1. The second-order valence-corrected chi connectivity index (χ2v) is 7.40. The predicted octanol–water partition coefficient (Wildman–Crippen LogP) is 0.348. The minimum absolute atomic E-state index is 0.0462. The van der Waals surface area contributed by atoms with Crippen LogP contribution in [0, 0.1) is 6.92 Å². The molecule has 0 saturated heterocycles. The largest absolute Gasteiger partial charge is 0.491 e. The van der Waals surface area contributed by atoms with Gasteiger partial charge < -0.3 is 19.5 Å². The maximum Gasteiger partial charge on any atom is 0.329 e. The van der Waals surface area contributed by atoms with Gasteiger partial charge in [0.2, 0.25) is 0 Å². The first-order chi connectivity index (χ1) is 13.8. The Morgan fingerprint density at radius 1 is 1.31 bits per heavy atom. The summed E-state index contributed by atoms with van der Waals surface area (Å²) in [7, 11) is 1.44. The molecule has 29 heavy (non-hydrogen) atoms. The summed E-state index contributed by atoms with van der Waals surface area (Å²) in [5.74, 6) is -0.754. The van der Waals surface area contributed by atoms with Crippen LogP contribution >= 0.6 is 11.8 Å². The van der Waals surface area contributed by atoms with E-state index in [-0.39, 0.29) is 35.2 Å². The molecule has 0 bridgehead atoms. The van der Waals surface area contributed by atoms with E-state index in [4.69, 9.17) is 9.84 Å². The first-order valence-corrected chi connectivity index (χ1v) is 9.66. The molecule has 3 aromatic rings. The van der Waals surface area contributed by atoms with E-state index < -0.39 is 23.3 Å². The van der Waals surface area contributed by atoms with E-state index in [1.807, 2.05) is 19.1 Å². The van der Waals surface area contributed by atoms with Gasteiger partial charge in [0.05, 0.1) is 12.3 Å². The number of aromatic nitrogens is 4. The van der Waals surface area contributed by atoms with Crippen molar-refractivity contribution in [3.63, 3.8) is 0 Å². The molecule has 0 fully saturated rings. The standard InChI is InChI=1S/C18H20N4O6S/c1-10-3-5-12(6-4-10)28-8-11(23)7-22-14-15(19-18(22)29-9-13(24)25)21(2)17(27)20-16(14)26/h3-6,11,23H,7-9H2,1-2H3,(H,24,25)(H,20,26,27)/t11-/m0/s1. The van der Waals surface area contributed by atoms with Gasteiger partial charge in [-0.3, -0.25) is 19.1 Å². The highest BCUT2D eigenvalue weighted by Crippen LogP contribution is 2.22. The number of hydrogen-bond acceptors (Lipinski definition) is 7. The van der Waals surface area contributed by atoms with Gasteiger partial charge in [-0.05, 0) is 19.1 Å². The maximum absolute atomic E-state index is 12.3. The fraction of sp³-hybridized carbons (Fsp3) is 0.333. The molecule has 3 rings (SSSR count). The molecule has 0 aliphatic heterocycles. The molecule has 0 amide bonds. The summed E-state index contributed by atoms with van der Waals surface area (Å²) in [6.45, 7) is 1.84. The van der Waals surface area contributed by atoms with Crippen molar-refractivity contribution in [1.29, 1.82) is 0 Å². The Morgan fingerprint density at radius 2 is 2.00 bits per heavy atom. The molecule has 0 saturated carbocycles. The van der Waals surface area contributed by atoms with Crippen LogP contribution in [0.1, 0.15) is 5.56 Å². The average molecular weight is 420 g/mol. The number of nitrogens with zero attached hydrogens (tertiary/aromatic N) is 3. The van der Waals surface area contributed by atoms with Gasteiger partial charge in [0.25, 0.3) is 5.56 Å². The number of H-pyrrole nitrogens is 1. The molecule has 0 aliphatic rings. The highest BCUT2D eigenvalue weighted by Gasteiger charge is 2.20.